The van der Waals surface area contributed by atoms with Crippen LogP contribution in [0, 0.1) is 0 Å². The van der Waals surface area contributed by atoms with Gasteiger partial charge in [-0.05, 0) is 29.8 Å². The van der Waals surface area contributed by atoms with Crippen LogP contribution in [-0.4, -0.2) is 37.1 Å². The Kier molecular flexibility index (Phi) is 9.48. The fourth-order valence-corrected chi connectivity index (χ4v) is 3.06. The van der Waals surface area contributed by atoms with Gasteiger partial charge in [-0.1, -0.05) is 53.5 Å². The van der Waals surface area contributed by atoms with Gasteiger partial charge in [0.25, 0.3) is 0 Å². The van der Waals surface area contributed by atoms with Crippen molar-refractivity contribution in [3.05, 3.63) is 69.7 Å². The van der Waals surface area contributed by atoms with Crippen LogP contribution in [0.4, 0.5) is 5.69 Å². The van der Waals surface area contributed by atoms with Gasteiger partial charge >= 0.3 is 0 Å². The van der Waals surface area contributed by atoms with Crippen molar-refractivity contribution in [1.82, 2.24) is 0 Å². The first-order valence-corrected chi connectivity index (χ1v) is 8.57. The minimum atomic E-state index is 0. The van der Waals surface area contributed by atoms with Crippen molar-refractivity contribution in [3.63, 3.8) is 0 Å². The molecule has 1 aliphatic heterocycles. The highest BCUT2D eigenvalue weighted by Crippen LogP contribution is 2.25. The minimum Gasteiger partial charge on any atom is -0.395 e. The Balaban J connectivity index is 0.00000169. The van der Waals surface area contributed by atoms with E-state index in [0.717, 1.165) is 29.1 Å². The molecule has 0 spiro atoms. The summed E-state index contributed by atoms with van der Waals surface area (Å²) >= 11 is 12.0. The molecule has 0 radical (unpaired) electrons. The molecule has 0 bridgehead atoms. The summed E-state index contributed by atoms with van der Waals surface area (Å²) < 4.78 is 0. The molecule has 0 unspecified atom stereocenters. The molecule has 0 fully saturated rings. The van der Waals surface area contributed by atoms with E-state index in [9.17, 15) is 5.11 Å². The number of β-amino-alcohol motifs (C(OH)–C–C–N with tert-alkyl or cyclic N) is 1. The zero-order valence-electron chi connectivity index (χ0n) is 13.9. The topological polar surface area (TPSA) is 35.8 Å². The predicted molar refractivity (Wildman–Crippen MR) is 117 cm³/mol. The van der Waals surface area contributed by atoms with Gasteiger partial charge in [-0.3, -0.25) is 4.99 Å². The molecule has 140 valence electrons. The van der Waals surface area contributed by atoms with Crippen LogP contribution in [-0.2, 0) is 0 Å². The summed E-state index contributed by atoms with van der Waals surface area (Å²) in [6, 6.07) is 13.7. The van der Waals surface area contributed by atoms with Gasteiger partial charge in [0.15, 0.2) is 0 Å². The summed E-state index contributed by atoms with van der Waals surface area (Å²) in [7, 11) is 0. The van der Waals surface area contributed by atoms with E-state index in [4.69, 9.17) is 28.2 Å². The third-order valence-electron chi connectivity index (χ3n) is 3.92. The molecule has 1 heterocycles. The van der Waals surface area contributed by atoms with Gasteiger partial charge in [-0.15, -0.1) is 24.8 Å². The highest BCUT2D eigenvalue weighted by atomic mass is 35.5. The molecule has 3 nitrogen and oxygen atoms in total. The summed E-state index contributed by atoms with van der Waals surface area (Å²) in [4.78, 5) is 6.87. The normalized spacial score (nSPS) is 13.3. The number of aliphatic hydroxyl groups excluding tert-OH is 1. The third kappa shape index (κ3) is 5.38. The van der Waals surface area contributed by atoms with Crippen LogP contribution in [0.25, 0.3) is 6.08 Å². The van der Waals surface area contributed by atoms with Gasteiger partial charge in [-0.2, -0.15) is 0 Å². The Labute approximate surface area is 176 Å². The zero-order valence-corrected chi connectivity index (χ0v) is 17.1. The summed E-state index contributed by atoms with van der Waals surface area (Å²) in [5.41, 5.74) is 4.07. The Morgan fingerprint density at radius 1 is 1.04 bits per heavy atom. The number of benzodiazepines with no additional fused rings is 1. The number of para-hydroxylation sites is 1. The van der Waals surface area contributed by atoms with Crippen molar-refractivity contribution in [2.45, 2.75) is 0 Å². The van der Waals surface area contributed by atoms with Crippen molar-refractivity contribution >= 4 is 65.5 Å². The predicted octanol–water partition coefficient (Wildman–Crippen LogP) is 5.15. The molecule has 0 saturated carbocycles. The molecular weight excluding hydrogens is 414 g/mol. The van der Waals surface area contributed by atoms with Crippen molar-refractivity contribution in [2.75, 3.05) is 31.1 Å². The molecule has 7 heteroatoms. The monoisotopic (exact) mass is 432 g/mol. The van der Waals surface area contributed by atoms with Crippen LogP contribution in [0.3, 0.4) is 0 Å². The fraction of sp³-hybridized carbons (Fsp3) is 0.211. The van der Waals surface area contributed by atoms with Gasteiger partial charge in [0.05, 0.1) is 28.9 Å². The maximum Gasteiger partial charge on any atom is 0.0668 e. The first-order valence-electron chi connectivity index (χ1n) is 7.82. The van der Waals surface area contributed by atoms with Crippen LogP contribution in [0.15, 0.2) is 53.5 Å². The summed E-state index contributed by atoms with van der Waals surface area (Å²) in [6.07, 6.45) is 3.99. The van der Waals surface area contributed by atoms with Crippen LogP contribution < -0.4 is 4.90 Å². The summed E-state index contributed by atoms with van der Waals surface area (Å²) in [5.74, 6) is 0. The van der Waals surface area contributed by atoms with Crippen LogP contribution in [0.2, 0.25) is 10.0 Å². The van der Waals surface area contributed by atoms with Crippen LogP contribution in [0.1, 0.15) is 11.1 Å². The molecule has 0 amide bonds. The van der Waals surface area contributed by atoms with E-state index >= 15 is 0 Å². The van der Waals surface area contributed by atoms with Crippen molar-refractivity contribution in [3.8, 4) is 0 Å². The van der Waals surface area contributed by atoms with Gasteiger partial charge in [0, 0.05) is 24.3 Å². The lowest BCUT2D eigenvalue weighted by Gasteiger charge is -2.23. The Morgan fingerprint density at radius 3 is 2.54 bits per heavy atom. The van der Waals surface area contributed by atoms with E-state index in [2.05, 4.69) is 17.0 Å². The van der Waals surface area contributed by atoms with E-state index in [-0.39, 0.29) is 31.4 Å². The van der Waals surface area contributed by atoms with Crippen molar-refractivity contribution < 1.29 is 5.11 Å². The largest absolute Gasteiger partial charge is 0.395 e. The SMILES string of the molecule is Cl.Cl.OCCN1CCN=C(/C=C/c2ccc(Cl)c(Cl)c2)c2ccccc21. The number of aliphatic hydroxyl groups is 1. The van der Waals surface area contributed by atoms with Crippen molar-refractivity contribution in [1.29, 1.82) is 0 Å². The van der Waals surface area contributed by atoms with Crippen LogP contribution >= 0.6 is 48.0 Å². The number of hydrogen-bond donors (Lipinski definition) is 1. The van der Waals surface area contributed by atoms with E-state index in [1.807, 2.05) is 36.4 Å². The molecule has 2 aromatic carbocycles. The molecule has 2 aromatic rings. The zero-order chi connectivity index (χ0) is 16.9. The molecule has 1 aliphatic rings. The number of benzene rings is 2. The molecule has 1 N–H and O–H groups in total. The Hall–Kier alpha value is -1.23. The quantitative estimate of drug-likeness (QED) is 0.723. The average molecular weight is 434 g/mol. The third-order valence-corrected chi connectivity index (χ3v) is 4.66. The smallest absolute Gasteiger partial charge is 0.0668 e. The van der Waals surface area contributed by atoms with E-state index in [0.29, 0.717) is 23.1 Å². The first kappa shape index (κ1) is 22.8. The molecule has 3 rings (SSSR count). The number of hydrogen-bond acceptors (Lipinski definition) is 3. The Morgan fingerprint density at radius 2 is 1.81 bits per heavy atom. The van der Waals surface area contributed by atoms with E-state index in [1.165, 1.54) is 0 Å². The highest BCUT2D eigenvalue weighted by Gasteiger charge is 2.16. The number of anilines is 1. The maximum atomic E-state index is 9.29. The number of rotatable bonds is 4. The van der Waals surface area contributed by atoms with E-state index < -0.39 is 0 Å². The first-order chi connectivity index (χ1) is 11.7. The van der Waals surface area contributed by atoms with Gasteiger partial charge in [0.2, 0.25) is 0 Å². The molecule has 0 aliphatic carbocycles. The van der Waals surface area contributed by atoms with E-state index in [1.54, 1.807) is 6.07 Å². The Bertz CT molecular complexity index is 793. The highest BCUT2D eigenvalue weighted by molar-refractivity contribution is 6.42. The minimum absolute atomic E-state index is 0. The molecule has 0 atom stereocenters. The second-order valence-electron chi connectivity index (χ2n) is 5.50. The lowest BCUT2D eigenvalue weighted by Crippen LogP contribution is -2.29. The lowest BCUT2D eigenvalue weighted by molar-refractivity contribution is 0.302. The van der Waals surface area contributed by atoms with Gasteiger partial charge in [0.1, 0.15) is 0 Å². The number of aliphatic imine (C=N–C) groups is 1. The fourth-order valence-electron chi connectivity index (χ4n) is 2.75. The number of allylic oxidation sites excluding steroid dienone is 1. The summed E-state index contributed by atoms with van der Waals surface area (Å²) in [6.45, 7) is 2.22. The number of nitrogens with zero attached hydrogens (tertiary/aromatic N) is 2. The molecule has 0 aromatic heterocycles. The molecular formula is C19H20Cl4N2O. The molecule has 0 saturated heterocycles. The van der Waals surface area contributed by atoms with Gasteiger partial charge < -0.3 is 10.0 Å². The van der Waals surface area contributed by atoms with Crippen LogP contribution in [0.5, 0.6) is 0 Å². The second kappa shape index (κ2) is 10.8. The maximum absolute atomic E-state index is 9.29. The lowest BCUT2D eigenvalue weighted by atomic mass is 10.1. The number of halogens is 4. The second-order valence-corrected chi connectivity index (χ2v) is 6.32. The van der Waals surface area contributed by atoms with Crippen molar-refractivity contribution in [2.24, 2.45) is 4.99 Å². The average Bonchev–Trinajstić information content (AvgIpc) is 2.76. The molecule has 26 heavy (non-hydrogen) atoms. The number of fused-ring (bicyclic) bond motifs is 1. The van der Waals surface area contributed by atoms with Gasteiger partial charge in [-0.25, -0.2) is 0 Å². The summed E-state index contributed by atoms with van der Waals surface area (Å²) in [5, 5.41) is 10.4. The standard InChI is InChI=1S/C19H18Cl2N2O.2ClH/c20-16-7-5-14(13-17(16)21)6-8-18-15-3-1-2-4-19(15)23(11-12-24)10-9-22-18;;/h1-8,13,24H,9-12H2;2*1H/b8-6+;;.